The van der Waals surface area contributed by atoms with Gasteiger partial charge >= 0.3 is 0 Å². The zero-order chi connectivity index (χ0) is 14.5. The number of allylic oxidation sites excluding steroid dienone is 1. The average Bonchev–Trinajstić information content (AvgIpc) is 2.52. The first kappa shape index (κ1) is 13.5. The summed E-state index contributed by atoms with van der Waals surface area (Å²) >= 11 is 0. The molecule has 2 nitrogen and oxygen atoms in total. The van der Waals surface area contributed by atoms with Gasteiger partial charge < -0.3 is 9.47 Å². The fraction of sp³-hybridized carbons (Fsp3) is 0.158. The number of hydrogen-bond acceptors (Lipinski definition) is 2. The molecule has 0 fully saturated rings. The zero-order valence-corrected chi connectivity index (χ0v) is 12.0. The van der Waals surface area contributed by atoms with Crippen molar-refractivity contribution in [3.8, 4) is 11.5 Å². The molecule has 0 saturated carbocycles. The van der Waals surface area contributed by atoms with E-state index in [1.165, 1.54) is 0 Å². The minimum Gasteiger partial charge on any atom is -0.483 e. The molecule has 106 valence electrons. The van der Waals surface area contributed by atoms with Crippen LogP contribution in [0.25, 0.3) is 0 Å². The summed E-state index contributed by atoms with van der Waals surface area (Å²) < 4.78 is 11.9. The Hall–Kier alpha value is -2.48. The molecule has 2 aromatic carbocycles. The summed E-state index contributed by atoms with van der Waals surface area (Å²) in [5, 5.41) is 0. The molecule has 0 spiro atoms. The maximum Gasteiger partial charge on any atom is 0.128 e. The highest BCUT2D eigenvalue weighted by Crippen LogP contribution is 2.28. The second-order valence-corrected chi connectivity index (χ2v) is 5.29. The molecule has 0 bridgehead atoms. The molecular formula is C19H18O2. The summed E-state index contributed by atoms with van der Waals surface area (Å²) in [6.45, 7) is 2.08. The lowest BCUT2D eigenvalue weighted by Crippen LogP contribution is -2.31. The van der Waals surface area contributed by atoms with Crippen LogP contribution in [0.2, 0.25) is 0 Å². The Balaban J connectivity index is 1.65. The van der Waals surface area contributed by atoms with Crippen LogP contribution < -0.4 is 9.47 Å². The molecule has 1 aliphatic rings. The van der Waals surface area contributed by atoms with Crippen molar-refractivity contribution in [1.82, 2.24) is 0 Å². The summed E-state index contributed by atoms with van der Waals surface area (Å²) in [7, 11) is 0. The van der Waals surface area contributed by atoms with Gasteiger partial charge in [0.2, 0.25) is 0 Å². The molecule has 21 heavy (non-hydrogen) atoms. The van der Waals surface area contributed by atoms with Crippen molar-refractivity contribution in [2.75, 3.05) is 0 Å². The molecule has 2 aromatic rings. The standard InChI is InChI=1S/C19H18O2/c1-19(21-18-10-6-3-7-11-18)14-12-17(13-15-19)20-16-8-4-2-5-9-16/h2-14H,15H2,1H3. The van der Waals surface area contributed by atoms with Gasteiger partial charge in [-0.2, -0.15) is 0 Å². The van der Waals surface area contributed by atoms with Crippen LogP contribution in [-0.2, 0) is 0 Å². The Morgan fingerprint density at radius 1 is 0.857 bits per heavy atom. The van der Waals surface area contributed by atoms with Crippen LogP contribution in [0.15, 0.2) is 84.7 Å². The summed E-state index contributed by atoms with van der Waals surface area (Å²) in [6, 6.07) is 19.7. The van der Waals surface area contributed by atoms with Crippen molar-refractivity contribution < 1.29 is 9.47 Å². The van der Waals surface area contributed by atoms with Crippen molar-refractivity contribution in [3.63, 3.8) is 0 Å². The van der Waals surface area contributed by atoms with Crippen LogP contribution in [0, 0.1) is 0 Å². The van der Waals surface area contributed by atoms with E-state index < -0.39 is 0 Å². The van der Waals surface area contributed by atoms with Crippen LogP contribution in [0.4, 0.5) is 0 Å². The molecule has 0 aliphatic heterocycles. The van der Waals surface area contributed by atoms with Crippen molar-refractivity contribution in [2.45, 2.75) is 18.9 Å². The fourth-order valence-electron chi connectivity index (χ4n) is 2.23. The largest absolute Gasteiger partial charge is 0.483 e. The van der Waals surface area contributed by atoms with Crippen LogP contribution in [-0.4, -0.2) is 5.60 Å². The summed E-state index contributed by atoms with van der Waals surface area (Å²) in [5.41, 5.74) is -0.328. The van der Waals surface area contributed by atoms with Gasteiger partial charge in [-0.15, -0.1) is 0 Å². The van der Waals surface area contributed by atoms with Gasteiger partial charge in [0.15, 0.2) is 0 Å². The first-order valence-corrected chi connectivity index (χ1v) is 7.10. The molecule has 0 heterocycles. The first-order valence-electron chi connectivity index (χ1n) is 7.10. The number of benzene rings is 2. The van der Waals surface area contributed by atoms with E-state index in [0.717, 1.165) is 23.7 Å². The lowest BCUT2D eigenvalue weighted by Gasteiger charge is -2.29. The third-order valence-electron chi connectivity index (χ3n) is 3.38. The number of para-hydroxylation sites is 2. The Bertz CT molecular complexity index is 644. The van der Waals surface area contributed by atoms with Gasteiger partial charge in [0.05, 0.1) is 0 Å². The van der Waals surface area contributed by atoms with E-state index in [-0.39, 0.29) is 5.60 Å². The third kappa shape index (κ3) is 3.54. The quantitative estimate of drug-likeness (QED) is 0.803. The van der Waals surface area contributed by atoms with E-state index in [1.807, 2.05) is 66.7 Å². The molecule has 3 rings (SSSR count). The van der Waals surface area contributed by atoms with E-state index in [0.29, 0.717) is 0 Å². The minimum absolute atomic E-state index is 0.328. The summed E-state index contributed by atoms with van der Waals surface area (Å²) in [6.07, 6.45) is 6.87. The molecule has 0 radical (unpaired) electrons. The molecule has 0 amide bonds. The van der Waals surface area contributed by atoms with Crippen molar-refractivity contribution in [1.29, 1.82) is 0 Å². The van der Waals surface area contributed by atoms with Gasteiger partial charge in [-0.05, 0) is 49.4 Å². The van der Waals surface area contributed by atoms with Crippen LogP contribution in [0.3, 0.4) is 0 Å². The van der Waals surface area contributed by atoms with Gasteiger partial charge in [-0.25, -0.2) is 0 Å². The smallest absolute Gasteiger partial charge is 0.128 e. The van der Waals surface area contributed by atoms with Gasteiger partial charge in [0.25, 0.3) is 0 Å². The van der Waals surface area contributed by atoms with E-state index >= 15 is 0 Å². The van der Waals surface area contributed by atoms with Crippen molar-refractivity contribution >= 4 is 0 Å². The number of rotatable bonds is 4. The monoisotopic (exact) mass is 278 g/mol. The number of hydrogen-bond donors (Lipinski definition) is 0. The SMILES string of the molecule is CC1(Oc2ccccc2)C=CC(Oc2ccccc2)=CC1. The molecule has 2 heteroatoms. The fourth-order valence-corrected chi connectivity index (χ4v) is 2.23. The lowest BCUT2D eigenvalue weighted by molar-refractivity contribution is 0.140. The zero-order valence-electron chi connectivity index (χ0n) is 12.0. The maximum absolute atomic E-state index is 6.05. The van der Waals surface area contributed by atoms with E-state index in [1.54, 1.807) is 0 Å². The molecular weight excluding hydrogens is 260 g/mol. The second-order valence-electron chi connectivity index (χ2n) is 5.29. The summed E-state index contributed by atoms with van der Waals surface area (Å²) in [5.74, 6) is 2.58. The lowest BCUT2D eigenvalue weighted by atomic mass is 9.96. The first-order chi connectivity index (χ1) is 10.2. The molecule has 1 atom stereocenters. The average molecular weight is 278 g/mol. The van der Waals surface area contributed by atoms with Gasteiger partial charge in [0, 0.05) is 6.42 Å². The predicted molar refractivity (Wildman–Crippen MR) is 84.4 cm³/mol. The van der Waals surface area contributed by atoms with E-state index in [9.17, 15) is 0 Å². The van der Waals surface area contributed by atoms with E-state index in [4.69, 9.17) is 9.47 Å². The highest BCUT2D eigenvalue weighted by Gasteiger charge is 2.25. The van der Waals surface area contributed by atoms with Crippen LogP contribution in [0.5, 0.6) is 11.5 Å². The van der Waals surface area contributed by atoms with Crippen LogP contribution >= 0.6 is 0 Å². The molecule has 0 aromatic heterocycles. The molecule has 0 saturated heterocycles. The normalized spacial score (nSPS) is 20.7. The van der Waals surface area contributed by atoms with Crippen molar-refractivity contribution in [3.05, 3.63) is 84.7 Å². The molecule has 1 aliphatic carbocycles. The van der Waals surface area contributed by atoms with Crippen LogP contribution in [0.1, 0.15) is 13.3 Å². The Morgan fingerprint density at radius 3 is 2.05 bits per heavy atom. The van der Waals surface area contributed by atoms with Gasteiger partial charge in [-0.1, -0.05) is 36.4 Å². The van der Waals surface area contributed by atoms with Gasteiger partial charge in [-0.3, -0.25) is 0 Å². The minimum atomic E-state index is -0.328. The van der Waals surface area contributed by atoms with E-state index in [2.05, 4.69) is 19.1 Å². The highest BCUT2D eigenvalue weighted by molar-refractivity contribution is 5.31. The van der Waals surface area contributed by atoms with Gasteiger partial charge in [0.1, 0.15) is 22.9 Å². The Kier molecular flexibility index (Phi) is 3.78. The second kappa shape index (κ2) is 5.88. The highest BCUT2D eigenvalue weighted by atomic mass is 16.5. The number of ether oxygens (including phenoxy) is 2. The topological polar surface area (TPSA) is 18.5 Å². The third-order valence-corrected chi connectivity index (χ3v) is 3.38. The summed E-state index contributed by atoms with van der Waals surface area (Å²) in [4.78, 5) is 0. The Labute approximate surface area is 125 Å². The predicted octanol–water partition coefficient (Wildman–Crippen LogP) is 4.75. The van der Waals surface area contributed by atoms with Crippen molar-refractivity contribution in [2.24, 2.45) is 0 Å². The Morgan fingerprint density at radius 2 is 1.48 bits per heavy atom. The molecule has 1 unspecified atom stereocenters. The maximum atomic E-state index is 6.05. The molecule has 0 N–H and O–H groups in total.